The van der Waals surface area contributed by atoms with E-state index in [0.29, 0.717) is 42.3 Å². The minimum absolute atomic E-state index is 0.0114. The zero-order valence-corrected chi connectivity index (χ0v) is 23.9. The van der Waals surface area contributed by atoms with Crippen molar-refractivity contribution in [3.05, 3.63) is 81.8 Å². The van der Waals surface area contributed by atoms with Gasteiger partial charge < -0.3 is 25.8 Å². The molecule has 10 heteroatoms. The number of carbonyl (C=O) groups is 3. The Labute approximate surface area is 243 Å². The van der Waals surface area contributed by atoms with E-state index >= 15 is 0 Å². The van der Waals surface area contributed by atoms with E-state index in [1.54, 1.807) is 30.3 Å². The Balaban J connectivity index is 1.31. The summed E-state index contributed by atoms with van der Waals surface area (Å²) in [6.45, 7) is 2.70. The second kappa shape index (κ2) is 13.6. The maximum atomic E-state index is 13.5. The molecule has 8 nitrogen and oxygen atoms in total. The molecule has 216 valence electrons. The van der Waals surface area contributed by atoms with Gasteiger partial charge in [-0.25, -0.2) is 9.18 Å². The van der Waals surface area contributed by atoms with Crippen molar-refractivity contribution < 1.29 is 18.8 Å². The molecule has 1 saturated carbocycles. The highest BCUT2D eigenvalue weighted by atomic mass is 32.1. The molecule has 3 aromatic rings. The fourth-order valence-electron chi connectivity index (χ4n) is 5.43. The van der Waals surface area contributed by atoms with Crippen molar-refractivity contribution in [2.24, 2.45) is 0 Å². The Morgan fingerprint density at radius 3 is 2.44 bits per heavy atom. The second-order valence-electron chi connectivity index (χ2n) is 10.6. The monoisotopic (exact) mass is 577 g/mol. The van der Waals surface area contributed by atoms with E-state index in [0.717, 1.165) is 43.4 Å². The van der Waals surface area contributed by atoms with Gasteiger partial charge in [0.15, 0.2) is 0 Å². The molecule has 1 aliphatic carbocycles. The van der Waals surface area contributed by atoms with Gasteiger partial charge in [-0.3, -0.25) is 9.59 Å². The van der Waals surface area contributed by atoms with Crippen LogP contribution in [0.4, 0.5) is 20.6 Å². The molecule has 0 spiro atoms. The standard InChI is InChI=1S/C31H36FN5O3S/c32-23-11-9-22(10-12-23)21-33-29(38)26-20-25(34-30(39)28-8-4-19-41-28)13-14-27(26)36-15-5-16-37(18-17-36)31(40)35-24-6-2-1-3-7-24/h4,8-14,19-20,24H,1-3,5-7,15-18,21H2,(H,33,38)(H,34,39)(H,35,40). The summed E-state index contributed by atoms with van der Waals surface area (Å²) in [6.07, 6.45) is 6.41. The molecule has 1 aliphatic heterocycles. The average molecular weight is 578 g/mol. The number of amides is 4. The predicted octanol–water partition coefficient (Wildman–Crippen LogP) is 5.62. The molecule has 2 aliphatic rings. The fourth-order valence-corrected chi connectivity index (χ4v) is 6.04. The molecule has 0 radical (unpaired) electrons. The Kier molecular flexibility index (Phi) is 9.51. The third kappa shape index (κ3) is 7.64. The number of nitrogens with zero attached hydrogens (tertiary/aromatic N) is 2. The summed E-state index contributed by atoms with van der Waals surface area (Å²) in [7, 11) is 0. The molecule has 41 heavy (non-hydrogen) atoms. The Morgan fingerprint density at radius 2 is 1.68 bits per heavy atom. The van der Waals surface area contributed by atoms with Gasteiger partial charge >= 0.3 is 6.03 Å². The molecule has 2 aromatic carbocycles. The lowest BCUT2D eigenvalue weighted by Crippen LogP contribution is -2.46. The van der Waals surface area contributed by atoms with Crippen LogP contribution in [0.2, 0.25) is 0 Å². The summed E-state index contributed by atoms with van der Waals surface area (Å²) in [4.78, 5) is 43.8. The molecule has 2 heterocycles. The number of thiophene rings is 1. The smallest absolute Gasteiger partial charge is 0.317 e. The van der Waals surface area contributed by atoms with Crippen molar-refractivity contribution in [1.82, 2.24) is 15.5 Å². The topological polar surface area (TPSA) is 93.8 Å². The van der Waals surface area contributed by atoms with Gasteiger partial charge in [-0.15, -0.1) is 11.3 Å². The van der Waals surface area contributed by atoms with E-state index in [-0.39, 0.29) is 36.2 Å². The van der Waals surface area contributed by atoms with E-state index in [4.69, 9.17) is 0 Å². The number of anilines is 2. The van der Waals surface area contributed by atoms with Crippen LogP contribution in [0.5, 0.6) is 0 Å². The number of urea groups is 1. The number of carbonyl (C=O) groups excluding carboxylic acids is 3. The number of nitrogens with one attached hydrogen (secondary N) is 3. The summed E-state index contributed by atoms with van der Waals surface area (Å²) in [5.41, 5.74) is 2.46. The molecule has 0 atom stereocenters. The normalized spacial score (nSPS) is 16.1. The van der Waals surface area contributed by atoms with Crippen molar-refractivity contribution in [3.63, 3.8) is 0 Å². The molecule has 3 N–H and O–H groups in total. The molecule has 0 bridgehead atoms. The summed E-state index contributed by atoms with van der Waals surface area (Å²) in [6, 6.07) is 15.2. The maximum Gasteiger partial charge on any atom is 0.317 e. The van der Waals surface area contributed by atoms with E-state index in [1.165, 1.54) is 29.9 Å². The molecular formula is C31H36FN5O3S. The number of rotatable bonds is 7. The zero-order valence-electron chi connectivity index (χ0n) is 23.0. The lowest BCUT2D eigenvalue weighted by atomic mass is 9.96. The van der Waals surface area contributed by atoms with E-state index in [1.807, 2.05) is 22.4 Å². The third-order valence-corrected chi connectivity index (χ3v) is 8.54. The first kappa shape index (κ1) is 28.6. The van der Waals surface area contributed by atoms with Gasteiger partial charge in [-0.05, 0) is 66.6 Å². The van der Waals surface area contributed by atoms with Gasteiger partial charge in [-0.1, -0.05) is 37.5 Å². The average Bonchev–Trinajstić information content (AvgIpc) is 3.42. The van der Waals surface area contributed by atoms with Gasteiger partial charge in [0.2, 0.25) is 0 Å². The van der Waals surface area contributed by atoms with Gasteiger partial charge in [0, 0.05) is 50.1 Å². The van der Waals surface area contributed by atoms with Crippen molar-refractivity contribution in [2.45, 2.75) is 51.1 Å². The summed E-state index contributed by atoms with van der Waals surface area (Å²) in [5.74, 6) is -0.869. The molecule has 1 saturated heterocycles. The van der Waals surface area contributed by atoms with Crippen molar-refractivity contribution in [3.8, 4) is 0 Å². The SMILES string of the molecule is O=C(Nc1ccc(N2CCCN(C(=O)NC3CCCCC3)CC2)c(C(=O)NCc2ccc(F)cc2)c1)c1cccs1. The summed E-state index contributed by atoms with van der Waals surface area (Å²) >= 11 is 1.35. The van der Waals surface area contributed by atoms with Crippen molar-refractivity contribution in [1.29, 1.82) is 0 Å². The molecule has 5 rings (SSSR count). The second-order valence-corrected chi connectivity index (χ2v) is 11.5. The molecule has 2 fully saturated rings. The highest BCUT2D eigenvalue weighted by molar-refractivity contribution is 7.12. The Bertz CT molecular complexity index is 1340. The quantitative estimate of drug-likeness (QED) is 0.340. The largest absolute Gasteiger partial charge is 0.369 e. The van der Waals surface area contributed by atoms with Gasteiger partial charge in [-0.2, -0.15) is 0 Å². The van der Waals surface area contributed by atoms with Crippen LogP contribution >= 0.6 is 11.3 Å². The molecule has 0 unspecified atom stereocenters. The van der Waals surface area contributed by atoms with Crippen LogP contribution in [-0.2, 0) is 6.54 Å². The van der Waals surface area contributed by atoms with Crippen LogP contribution in [0, 0.1) is 5.82 Å². The maximum absolute atomic E-state index is 13.5. The van der Waals surface area contributed by atoms with Crippen LogP contribution in [0.15, 0.2) is 60.0 Å². The lowest BCUT2D eigenvalue weighted by Gasteiger charge is -2.28. The minimum Gasteiger partial charge on any atom is -0.369 e. The molecule has 4 amide bonds. The van der Waals surface area contributed by atoms with Gasteiger partial charge in [0.05, 0.1) is 10.4 Å². The van der Waals surface area contributed by atoms with Gasteiger partial charge in [0.1, 0.15) is 5.82 Å². The van der Waals surface area contributed by atoms with Crippen LogP contribution in [-0.4, -0.2) is 55.0 Å². The van der Waals surface area contributed by atoms with E-state index < -0.39 is 0 Å². The fraction of sp³-hybridized carbons (Fsp3) is 0.387. The Morgan fingerprint density at radius 1 is 0.878 bits per heavy atom. The predicted molar refractivity (Wildman–Crippen MR) is 160 cm³/mol. The number of hydrogen-bond donors (Lipinski definition) is 3. The molecular weight excluding hydrogens is 541 g/mol. The Hall–Kier alpha value is -3.92. The minimum atomic E-state index is -0.334. The van der Waals surface area contributed by atoms with Crippen molar-refractivity contribution >= 4 is 40.6 Å². The van der Waals surface area contributed by atoms with Gasteiger partial charge in [0.25, 0.3) is 11.8 Å². The summed E-state index contributed by atoms with van der Waals surface area (Å²) < 4.78 is 13.3. The zero-order chi connectivity index (χ0) is 28.6. The van der Waals surface area contributed by atoms with Crippen LogP contribution in [0.1, 0.15) is 64.1 Å². The highest BCUT2D eigenvalue weighted by Gasteiger charge is 2.25. The van der Waals surface area contributed by atoms with Crippen LogP contribution in [0.3, 0.4) is 0 Å². The van der Waals surface area contributed by atoms with Crippen LogP contribution in [0.25, 0.3) is 0 Å². The number of benzene rings is 2. The highest BCUT2D eigenvalue weighted by Crippen LogP contribution is 2.27. The lowest BCUT2D eigenvalue weighted by molar-refractivity contribution is 0.0950. The van der Waals surface area contributed by atoms with E-state index in [9.17, 15) is 18.8 Å². The first-order valence-electron chi connectivity index (χ1n) is 14.3. The number of hydrogen-bond acceptors (Lipinski definition) is 5. The summed E-state index contributed by atoms with van der Waals surface area (Å²) in [5, 5.41) is 10.9. The first-order chi connectivity index (χ1) is 20.0. The molecule has 1 aromatic heterocycles. The van der Waals surface area contributed by atoms with Crippen molar-refractivity contribution in [2.75, 3.05) is 36.4 Å². The van der Waals surface area contributed by atoms with E-state index in [2.05, 4.69) is 20.9 Å². The first-order valence-corrected chi connectivity index (χ1v) is 15.2. The third-order valence-electron chi connectivity index (χ3n) is 7.67. The van der Waals surface area contributed by atoms with Crippen LogP contribution < -0.4 is 20.9 Å². The number of halogens is 1.